The summed E-state index contributed by atoms with van der Waals surface area (Å²) < 4.78 is 0. The molecule has 14 nitrogen and oxygen atoms in total. The van der Waals surface area contributed by atoms with Gasteiger partial charge in [-0.3, -0.25) is 28.8 Å². The molecule has 5 aromatic rings. The maximum Gasteiger partial charge on any atom is 0.258 e. The molecular weight excluding hydrogens is 878 g/mol. The van der Waals surface area contributed by atoms with Crippen LogP contribution in [0, 0.1) is 13.8 Å². The molecule has 18 heteroatoms. The van der Waals surface area contributed by atoms with Crippen LogP contribution >= 0.6 is 46.4 Å². The average Bonchev–Trinajstić information content (AvgIpc) is 3.23. The Morgan fingerprint density at radius 3 is 1.24 bits per heavy atom. The summed E-state index contributed by atoms with van der Waals surface area (Å²) in [7, 11) is 0. The van der Waals surface area contributed by atoms with E-state index in [9.17, 15) is 28.8 Å². The Balaban J connectivity index is 1.26. The molecule has 318 valence electrons. The van der Waals surface area contributed by atoms with Gasteiger partial charge in [0.15, 0.2) is 11.6 Å². The minimum absolute atomic E-state index is 0.118. The van der Waals surface area contributed by atoms with Gasteiger partial charge in [0, 0.05) is 55.7 Å². The molecule has 0 heterocycles. The largest absolute Gasteiger partial charge is 0.324 e. The number of benzene rings is 5. The van der Waals surface area contributed by atoms with E-state index in [1.807, 2.05) is 0 Å². The van der Waals surface area contributed by atoms with E-state index in [1.54, 1.807) is 62.4 Å². The standard InChI is InChI=1S/C44H38Cl4N8O6/c1-23-24(2)36(50-44(62)40(26(4)58)56-54-34-18-30(16-32(48)20-34)42(60)52-38-12-8-6-10-28(38)22-46)14-13-35(23)49-43(61)39(25(3)57)55-53-33-17-29(15-31(47)19-33)41(59)51-37-11-7-5-9-27(37)21-45/h5-20,39-40H,21-22H2,1-4H3,(H,49,61)(H,50,62)(H,51,59)(H,52,60). The van der Waals surface area contributed by atoms with Gasteiger partial charge in [0.2, 0.25) is 12.1 Å². The van der Waals surface area contributed by atoms with Gasteiger partial charge in [0.25, 0.3) is 23.6 Å². The van der Waals surface area contributed by atoms with Gasteiger partial charge in [0.05, 0.1) is 11.4 Å². The van der Waals surface area contributed by atoms with Crippen LogP contribution in [-0.4, -0.2) is 47.3 Å². The second-order valence-electron chi connectivity index (χ2n) is 13.7. The number of azo groups is 2. The number of anilines is 4. The van der Waals surface area contributed by atoms with E-state index < -0.39 is 47.3 Å². The molecule has 2 unspecified atom stereocenters. The third-order valence-corrected chi connectivity index (χ3v) is 10.3. The molecule has 4 N–H and O–H groups in total. The van der Waals surface area contributed by atoms with Crippen molar-refractivity contribution in [3.8, 4) is 0 Å². The number of para-hydroxylation sites is 2. The van der Waals surface area contributed by atoms with E-state index in [4.69, 9.17) is 46.4 Å². The topological polar surface area (TPSA) is 200 Å². The smallest absolute Gasteiger partial charge is 0.258 e. The Labute approximate surface area is 376 Å². The maximum absolute atomic E-state index is 13.4. The van der Waals surface area contributed by atoms with Crippen LogP contribution in [0.3, 0.4) is 0 Å². The lowest BCUT2D eigenvalue weighted by atomic mass is 10.0. The number of alkyl halides is 2. The van der Waals surface area contributed by atoms with E-state index in [0.717, 1.165) is 0 Å². The van der Waals surface area contributed by atoms with Crippen molar-refractivity contribution < 1.29 is 28.8 Å². The van der Waals surface area contributed by atoms with Crippen LogP contribution in [0.4, 0.5) is 34.1 Å². The van der Waals surface area contributed by atoms with Crippen LogP contribution in [0.15, 0.2) is 118 Å². The molecule has 2 atom stereocenters. The van der Waals surface area contributed by atoms with Gasteiger partial charge in [-0.15, -0.1) is 23.2 Å². The van der Waals surface area contributed by atoms with Gasteiger partial charge >= 0.3 is 0 Å². The molecule has 0 saturated heterocycles. The summed E-state index contributed by atoms with van der Waals surface area (Å²) in [5, 5.41) is 27.4. The van der Waals surface area contributed by atoms with E-state index in [-0.39, 0.29) is 44.3 Å². The van der Waals surface area contributed by atoms with Crippen molar-refractivity contribution in [1.29, 1.82) is 0 Å². The summed E-state index contributed by atoms with van der Waals surface area (Å²) in [6, 6.07) is 22.4. The molecule has 62 heavy (non-hydrogen) atoms. The van der Waals surface area contributed by atoms with Gasteiger partial charge < -0.3 is 21.3 Å². The zero-order chi connectivity index (χ0) is 45.1. The molecule has 0 aliphatic carbocycles. The van der Waals surface area contributed by atoms with Gasteiger partial charge in [0.1, 0.15) is 0 Å². The summed E-state index contributed by atoms with van der Waals surface area (Å²) in [6.45, 7) is 5.72. The third kappa shape index (κ3) is 12.2. The lowest BCUT2D eigenvalue weighted by molar-refractivity contribution is -0.127. The Morgan fingerprint density at radius 2 is 0.887 bits per heavy atom. The van der Waals surface area contributed by atoms with Crippen LogP contribution < -0.4 is 21.3 Å². The monoisotopic (exact) mass is 914 g/mol. The number of nitrogens with zero attached hydrogens (tertiary/aromatic N) is 4. The van der Waals surface area contributed by atoms with Gasteiger partial charge in [-0.1, -0.05) is 59.6 Å². The fourth-order valence-electron chi connectivity index (χ4n) is 5.81. The highest BCUT2D eigenvalue weighted by Crippen LogP contribution is 2.29. The highest BCUT2D eigenvalue weighted by molar-refractivity contribution is 6.32. The van der Waals surface area contributed by atoms with Crippen molar-refractivity contribution in [3.63, 3.8) is 0 Å². The Bertz CT molecular complexity index is 2460. The Morgan fingerprint density at radius 1 is 0.516 bits per heavy atom. The number of rotatable bonds is 16. The zero-order valence-electron chi connectivity index (χ0n) is 33.6. The van der Waals surface area contributed by atoms with Crippen molar-refractivity contribution in [1.82, 2.24) is 0 Å². The first-order valence-corrected chi connectivity index (χ1v) is 20.5. The molecule has 0 aromatic heterocycles. The number of Topliss-reactive ketones (excluding diaryl/α,β-unsaturated/α-hetero) is 2. The minimum atomic E-state index is -1.57. The third-order valence-electron chi connectivity index (χ3n) is 9.26. The molecule has 0 radical (unpaired) electrons. The average molecular weight is 917 g/mol. The highest BCUT2D eigenvalue weighted by atomic mass is 35.5. The molecule has 0 bridgehead atoms. The quantitative estimate of drug-likeness (QED) is 0.0431. The van der Waals surface area contributed by atoms with Gasteiger partial charge in [-0.25, -0.2) is 0 Å². The van der Waals surface area contributed by atoms with Crippen molar-refractivity contribution in [2.24, 2.45) is 20.5 Å². The molecule has 5 rings (SSSR count). The number of carbonyl (C=O) groups is 6. The van der Waals surface area contributed by atoms with E-state index >= 15 is 0 Å². The van der Waals surface area contributed by atoms with Crippen LogP contribution in [0.2, 0.25) is 10.0 Å². The predicted molar refractivity (Wildman–Crippen MR) is 242 cm³/mol. The lowest BCUT2D eigenvalue weighted by Crippen LogP contribution is -2.33. The second-order valence-corrected chi connectivity index (χ2v) is 15.1. The SMILES string of the molecule is CC(=O)C(N=Nc1cc(Cl)cc(C(=O)Nc2ccccc2CCl)c1)C(=O)Nc1ccc(NC(=O)C(N=Nc2cc(Cl)cc(C(=O)Nc3ccccc3CCl)c2)C(C)=O)c(C)c1C. The molecule has 5 aromatic carbocycles. The van der Waals surface area contributed by atoms with Crippen LogP contribution in [0.1, 0.15) is 56.8 Å². The minimum Gasteiger partial charge on any atom is -0.324 e. The number of amides is 4. The maximum atomic E-state index is 13.4. The van der Waals surface area contributed by atoms with Crippen molar-refractivity contribution in [2.75, 3.05) is 21.3 Å². The molecule has 0 aliphatic rings. The van der Waals surface area contributed by atoms with E-state index in [0.29, 0.717) is 45.0 Å². The fourth-order valence-corrected chi connectivity index (χ4v) is 6.74. The summed E-state index contributed by atoms with van der Waals surface area (Å²) in [5.41, 5.74) is 4.67. The fraction of sp³-hybridized carbons (Fsp3) is 0.182. The van der Waals surface area contributed by atoms with E-state index in [2.05, 4.69) is 41.7 Å². The first-order chi connectivity index (χ1) is 29.6. The number of hydrogen-bond acceptors (Lipinski definition) is 10. The first kappa shape index (κ1) is 46.7. The predicted octanol–water partition coefficient (Wildman–Crippen LogP) is 11.0. The number of hydrogen-bond donors (Lipinski definition) is 4. The number of ketones is 2. The summed E-state index contributed by atoms with van der Waals surface area (Å²) in [6.07, 6.45) is 0. The molecule has 0 spiro atoms. The molecular formula is C44H38Cl4N8O6. The number of halogens is 4. The number of nitrogens with one attached hydrogen (secondary N) is 4. The Hall–Kier alpha value is -6.32. The normalized spacial score (nSPS) is 12.1. The van der Waals surface area contributed by atoms with Crippen LogP contribution in [0.25, 0.3) is 0 Å². The summed E-state index contributed by atoms with van der Waals surface area (Å²) >= 11 is 24.6. The van der Waals surface area contributed by atoms with E-state index in [1.165, 1.54) is 62.4 Å². The van der Waals surface area contributed by atoms with Crippen molar-refractivity contribution >= 4 is 116 Å². The first-order valence-electron chi connectivity index (χ1n) is 18.6. The van der Waals surface area contributed by atoms with Gasteiger partial charge in [-0.05, 0) is 111 Å². The number of carbonyl (C=O) groups excluding carboxylic acids is 6. The summed E-state index contributed by atoms with van der Waals surface area (Å²) in [4.78, 5) is 78.1. The van der Waals surface area contributed by atoms with Gasteiger partial charge in [-0.2, -0.15) is 20.5 Å². The van der Waals surface area contributed by atoms with Crippen LogP contribution in [-0.2, 0) is 30.9 Å². The highest BCUT2D eigenvalue weighted by Gasteiger charge is 2.26. The van der Waals surface area contributed by atoms with Crippen molar-refractivity contribution in [3.05, 3.63) is 140 Å². The zero-order valence-corrected chi connectivity index (χ0v) is 36.6. The molecule has 0 fully saturated rings. The molecule has 0 saturated carbocycles. The van der Waals surface area contributed by atoms with Crippen molar-refractivity contribution in [2.45, 2.75) is 51.5 Å². The Kier molecular flexibility index (Phi) is 16.2. The summed E-state index contributed by atoms with van der Waals surface area (Å²) in [5.74, 6) is -3.44. The van der Waals surface area contributed by atoms with Crippen LogP contribution in [0.5, 0.6) is 0 Å². The second kappa shape index (κ2) is 21.5. The molecule has 4 amide bonds. The molecule has 0 aliphatic heterocycles. The lowest BCUT2D eigenvalue weighted by Gasteiger charge is -2.17.